The number of anilines is 1. The van der Waals surface area contributed by atoms with Crippen molar-refractivity contribution in [3.8, 4) is 11.8 Å². The zero-order valence-electron chi connectivity index (χ0n) is 21.1. The van der Waals surface area contributed by atoms with Crippen molar-refractivity contribution in [1.82, 2.24) is 4.98 Å². The second kappa shape index (κ2) is 14.4. The molecule has 0 unspecified atom stereocenters. The Morgan fingerprint density at radius 3 is 2.39 bits per heavy atom. The standard InChI is InChI=1S/C28H32ClN5OS/c1-4-7-8-9-18-35-25-16-10-21(11-17-25)22(20-30)19-26-27(29)31-28(36-26)33-32-23-12-14-24(15-13-23)34(5-2)6-3/h10-17,19H,4-9,18H2,1-3H3/b22-19+,33-32?. The van der Waals surface area contributed by atoms with Gasteiger partial charge in [0.1, 0.15) is 10.9 Å². The van der Waals surface area contributed by atoms with E-state index in [1.807, 2.05) is 48.5 Å². The molecule has 3 aromatic rings. The Kier molecular flexibility index (Phi) is 10.9. The first kappa shape index (κ1) is 27.4. The van der Waals surface area contributed by atoms with Crippen LogP contribution in [0.1, 0.15) is 56.9 Å². The number of rotatable bonds is 13. The van der Waals surface area contributed by atoms with Crippen LogP contribution in [0.25, 0.3) is 11.6 Å². The van der Waals surface area contributed by atoms with E-state index in [-0.39, 0.29) is 0 Å². The first-order chi connectivity index (χ1) is 17.6. The van der Waals surface area contributed by atoms with Gasteiger partial charge in [0, 0.05) is 18.8 Å². The average molecular weight is 522 g/mol. The van der Waals surface area contributed by atoms with Crippen molar-refractivity contribution in [3.63, 3.8) is 0 Å². The molecular formula is C28H32ClN5OS. The molecule has 0 aliphatic rings. The van der Waals surface area contributed by atoms with Gasteiger partial charge in [-0.1, -0.05) is 49.1 Å². The highest BCUT2D eigenvalue weighted by molar-refractivity contribution is 7.16. The van der Waals surface area contributed by atoms with Crippen LogP contribution in [0, 0.1) is 11.3 Å². The van der Waals surface area contributed by atoms with Crippen molar-refractivity contribution < 1.29 is 4.74 Å². The van der Waals surface area contributed by atoms with Gasteiger partial charge in [0.15, 0.2) is 0 Å². The highest BCUT2D eigenvalue weighted by Crippen LogP contribution is 2.33. The Bertz CT molecular complexity index is 1190. The van der Waals surface area contributed by atoms with E-state index in [0.29, 0.717) is 27.3 Å². The summed E-state index contributed by atoms with van der Waals surface area (Å²) in [6.07, 6.45) is 6.39. The zero-order valence-corrected chi connectivity index (χ0v) is 22.6. The van der Waals surface area contributed by atoms with Crippen LogP contribution in [0.2, 0.25) is 5.15 Å². The highest BCUT2D eigenvalue weighted by Gasteiger charge is 2.10. The fraction of sp³-hybridized carbons (Fsp3) is 0.357. The van der Waals surface area contributed by atoms with Crippen molar-refractivity contribution in [3.05, 3.63) is 64.1 Å². The van der Waals surface area contributed by atoms with Gasteiger partial charge < -0.3 is 9.64 Å². The van der Waals surface area contributed by atoms with Gasteiger partial charge in [-0.15, -0.1) is 10.2 Å². The topological polar surface area (TPSA) is 73.9 Å². The van der Waals surface area contributed by atoms with Gasteiger partial charge in [0.05, 0.1) is 28.8 Å². The summed E-state index contributed by atoms with van der Waals surface area (Å²) in [5, 5.41) is 19.0. The molecule has 0 amide bonds. The van der Waals surface area contributed by atoms with Gasteiger partial charge in [-0.2, -0.15) is 5.26 Å². The molecule has 0 saturated heterocycles. The molecule has 1 heterocycles. The Labute approximate surface area is 222 Å². The van der Waals surface area contributed by atoms with Gasteiger partial charge in [-0.05, 0) is 80.4 Å². The van der Waals surface area contributed by atoms with E-state index in [0.717, 1.165) is 42.2 Å². The summed E-state index contributed by atoms with van der Waals surface area (Å²) in [5.41, 5.74) is 3.17. The predicted molar refractivity (Wildman–Crippen MR) is 151 cm³/mol. The SMILES string of the molecule is CCCCCCOc1ccc(/C(C#N)=C/c2sc(N=Nc3ccc(N(CC)CC)cc3)nc2Cl)cc1. The molecule has 0 N–H and O–H groups in total. The zero-order chi connectivity index (χ0) is 25.8. The summed E-state index contributed by atoms with van der Waals surface area (Å²) in [5.74, 6) is 0.802. The summed E-state index contributed by atoms with van der Waals surface area (Å²) in [7, 11) is 0. The van der Waals surface area contributed by atoms with E-state index in [1.54, 1.807) is 6.08 Å². The maximum atomic E-state index is 9.73. The van der Waals surface area contributed by atoms with Gasteiger partial charge >= 0.3 is 0 Å². The third-order valence-corrected chi connectivity index (χ3v) is 6.94. The van der Waals surface area contributed by atoms with E-state index in [9.17, 15) is 5.26 Å². The largest absolute Gasteiger partial charge is 0.494 e. The van der Waals surface area contributed by atoms with Crippen LogP contribution in [-0.2, 0) is 0 Å². The number of aromatic nitrogens is 1. The number of azo groups is 1. The van der Waals surface area contributed by atoms with Crippen LogP contribution in [-0.4, -0.2) is 24.7 Å². The number of hydrogen-bond donors (Lipinski definition) is 0. The Balaban J connectivity index is 1.67. The molecular weight excluding hydrogens is 490 g/mol. The molecule has 0 atom stereocenters. The Morgan fingerprint density at radius 2 is 1.75 bits per heavy atom. The second-order valence-corrected chi connectivity index (χ2v) is 9.51. The number of nitriles is 1. The maximum Gasteiger partial charge on any atom is 0.231 e. The van der Waals surface area contributed by atoms with Crippen molar-refractivity contribution in [1.29, 1.82) is 5.26 Å². The molecule has 0 bridgehead atoms. The van der Waals surface area contributed by atoms with Gasteiger partial charge in [-0.3, -0.25) is 0 Å². The lowest BCUT2D eigenvalue weighted by molar-refractivity contribution is 0.305. The molecule has 0 spiro atoms. The summed E-state index contributed by atoms with van der Waals surface area (Å²) in [4.78, 5) is 7.22. The monoisotopic (exact) mass is 521 g/mol. The van der Waals surface area contributed by atoms with Crippen LogP contribution in [0.5, 0.6) is 5.75 Å². The molecule has 6 nitrogen and oxygen atoms in total. The van der Waals surface area contributed by atoms with E-state index >= 15 is 0 Å². The molecule has 0 saturated carbocycles. The van der Waals surface area contributed by atoms with E-state index < -0.39 is 0 Å². The number of thiazole rings is 1. The number of ether oxygens (including phenoxy) is 1. The smallest absolute Gasteiger partial charge is 0.231 e. The summed E-state index contributed by atoms with van der Waals surface area (Å²) in [6.45, 7) is 9.06. The fourth-order valence-electron chi connectivity index (χ4n) is 3.61. The lowest BCUT2D eigenvalue weighted by Gasteiger charge is -2.20. The molecule has 0 fully saturated rings. The van der Waals surface area contributed by atoms with Gasteiger partial charge in [0.25, 0.3) is 0 Å². The van der Waals surface area contributed by atoms with Crippen molar-refractivity contribution in [2.45, 2.75) is 46.5 Å². The summed E-state index contributed by atoms with van der Waals surface area (Å²) >= 11 is 7.63. The van der Waals surface area contributed by atoms with Crippen LogP contribution < -0.4 is 9.64 Å². The molecule has 3 rings (SSSR count). The van der Waals surface area contributed by atoms with Crippen molar-refractivity contribution in [2.75, 3.05) is 24.6 Å². The first-order valence-corrected chi connectivity index (χ1v) is 13.5. The van der Waals surface area contributed by atoms with Crippen LogP contribution in [0.4, 0.5) is 16.5 Å². The van der Waals surface area contributed by atoms with E-state index in [4.69, 9.17) is 16.3 Å². The number of allylic oxidation sites excluding steroid dienone is 1. The molecule has 8 heteroatoms. The third kappa shape index (κ3) is 7.91. The van der Waals surface area contributed by atoms with E-state index in [1.165, 1.54) is 30.6 Å². The van der Waals surface area contributed by atoms with Crippen molar-refractivity contribution >= 4 is 51.1 Å². The minimum Gasteiger partial charge on any atom is -0.494 e. The maximum absolute atomic E-state index is 9.73. The Hall–Kier alpha value is -3.21. The molecule has 188 valence electrons. The quantitative estimate of drug-likeness (QED) is 0.128. The normalized spacial score (nSPS) is 11.6. The van der Waals surface area contributed by atoms with Crippen LogP contribution in [0.15, 0.2) is 58.8 Å². The number of benzene rings is 2. The minimum atomic E-state index is 0.297. The minimum absolute atomic E-state index is 0.297. The average Bonchev–Trinajstić information content (AvgIpc) is 3.26. The lowest BCUT2D eigenvalue weighted by atomic mass is 10.1. The molecule has 0 aliphatic heterocycles. The molecule has 2 aromatic carbocycles. The number of hydrogen-bond acceptors (Lipinski definition) is 7. The van der Waals surface area contributed by atoms with Crippen LogP contribution in [0.3, 0.4) is 0 Å². The van der Waals surface area contributed by atoms with E-state index in [2.05, 4.69) is 47.0 Å². The van der Waals surface area contributed by atoms with Gasteiger partial charge in [0.2, 0.25) is 5.13 Å². The highest BCUT2D eigenvalue weighted by atomic mass is 35.5. The molecule has 36 heavy (non-hydrogen) atoms. The summed E-state index contributed by atoms with van der Waals surface area (Å²) < 4.78 is 5.80. The number of unbranched alkanes of at least 4 members (excludes halogenated alkanes) is 3. The number of nitrogens with zero attached hydrogens (tertiary/aromatic N) is 5. The third-order valence-electron chi connectivity index (χ3n) is 5.66. The Morgan fingerprint density at radius 1 is 1.03 bits per heavy atom. The molecule has 1 aromatic heterocycles. The molecule has 0 radical (unpaired) electrons. The predicted octanol–water partition coefficient (Wildman–Crippen LogP) is 9.08. The molecule has 0 aliphatic carbocycles. The second-order valence-electron chi connectivity index (χ2n) is 8.14. The number of halogens is 1. The first-order valence-electron chi connectivity index (χ1n) is 12.4. The van der Waals surface area contributed by atoms with Crippen LogP contribution >= 0.6 is 22.9 Å². The van der Waals surface area contributed by atoms with Gasteiger partial charge in [-0.25, -0.2) is 4.98 Å². The summed E-state index contributed by atoms with van der Waals surface area (Å²) in [6, 6.07) is 17.7. The fourth-order valence-corrected chi connectivity index (χ4v) is 4.64. The lowest BCUT2D eigenvalue weighted by Crippen LogP contribution is -2.21. The van der Waals surface area contributed by atoms with Crippen molar-refractivity contribution in [2.24, 2.45) is 10.2 Å².